The van der Waals surface area contributed by atoms with Crippen LogP contribution in [-0.4, -0.2) is 36.2 Å². The van der Waals surface area contributed by atoms with Gasteiger partial charge in [0.1, 0.15) is 0 Å². The number of benzene rings is 1. The quantitative estimate of drug-likeness (QED) is 0.595. The molecule has 0 saturated carbocycles. The van der Waals surface area contributed by atoms with Crippen molar-refractivity contribution in [2.75, 3.05) is 18.4 Å². The van der Waals surface area contributed by atoms with Gasteiger partial charge in [-0.25, -0.2) is 9.59 Å². The number of carbonyl (C=O) groups is 2. The van der Waals surface area contributed by atoms with Gasteiger partial charge in [0.15, 0.2) is 0 Å². The smallest absolute Gasteiger partial charge is 0.337 e. The SMILES string of the molecule is O=C(Nc1ccc(I)cc1C(=O)O)NC1CCNCC1. The molecule has 7 heteroatoms. The number of rotatable bonds is 3. The van der Waals surface area contributed by atoms with Gasteiger partial charge in [-0.15, -0.1) is 0 Å². The molecule has 6 nitrogen and oxygen atoms in total. The zero-order chi connectivity index (χ0) is 14.5. The number of carboxylic acid groups (broad SMARTS) is 1. The maximum absolute atomic E-state index is 11.9. The number of amides is 2. The summed E-state index contributed by atoms with van der Waals surface area (Å²) in [5.41, 5.74) is 0.404. The van der Waals surface area contributed by atoms with E-state index in [1.165, 1.54) is 6.07 Å². The van der Waals surface area contributed by atoms with Crippen molar-refractivity contribution in [2.45, 2.75) is 18.9 Å². The number of carboxylic acids is 1. The number of anilines is 1. The third-order valence-electron chi connectivity index (χ3n) is 3.13. The van der Waals surface area contributed by atoms with Gasteiger partial charge in [-0.1, -0.05) is 0 Å². The third kappa shape index (κ3) is 4.07. The number of aromatic carboxylic acids is 1. The molecule has 20 heavy (non-hydrogen) atoms. The van der Waals surface area contributed by atoms with E-state index in [1.54, 1.807) is 12.1 Å². The van der Waals surface area contributed by atoms with Gasteiger partial charge in [-0.2, -0.15) is 0 Å². The van der Waals surface area contributed by atoms with E-state index in [0.717, 1.165) is 29.5 Å². The molecule has 0 atom stereocenters. The lowest BCUT2D eigenvalue weighted by Crippen LogP contribution is -2.44. The first-order valence-corrected chi connectivity index (χ1v) is 7.45. The van der Waals surface area contributed by atoms with Crippen LogP contribution >= 0.6 is 22.6 Å². The monoisotopic (exact) mass is 389 g/mol. The van der Waals surface area contributed by atoms with Crippen molar-refractivity contribution in [1.29, 1.82) is 0 Å². The molecule has 2 amide bonds. The highest BCUT2D eigenvalue weighted by atomic mass is 127. The number of halogens is 1. The van der Waals surface area contributed by atoms with Gasteiger partial charge < -0.3 is 21.1 Å². The number of piperidine rings is 1. The standard InChI is InChI=1S/C13H16IN3O3/c14-8-1-2-11(10(7-8)12(18)19)17-13(20)16-9-3-5-15-6-4-9/h1-2,7,9,15H,3-6H2,(H,18,19)(H2,16,17,20). The number of hydrogen-bond acceptors (Lipinski definition) is 3. The first kappa shape index (κ1) is 15.0. The molecule has 1 aliphatic heterocycles. The minimum atomic E-state index is -1.05. The second-order valence-corrected chi connectivity index (χ2v) is 5.86. The largest absolute Gasteiger partial charge is 0.478 e. The second-order valence-electron chi connectivity index (χ2n) is 4.62. The van der Waals surface area contributed by atoms with Crippen molar-refractivity contribution in [3.05, 3.63) is 27.3 Å². The molecule has 4 N–H and O–H groups in total. The molecule has 0 unspecified atom stereocenters. The van der Waals surface area contributed by atoms with E-state index < -0.39 is 5.97 Å². The zero-order valence-corrected chi connectivity index (χ0v) is 12.9. The van der Waals surface area contributed by atoms with E-state index in [-0.39, 0.29) is 17.6 Å². The Bertz CT molecular complexity index is 516. The van der Waals surface area contributed by atoms with E-state index >= 15 is 0 Å². The van der Waals surface area contributed by atoms with Crippen molar-refractivity contribution in [3.63, 3.8) is 0 Å². The van der Waals surface area contributed by atoms with Crippen molar-refractivity contribution >= 4 is 40.3 Å². The molecule has 1 fully saturated rings. The molecule has 0 aromatic heterocycles. The van der Waals surface area contributed by atoms with Crippen LogP contribution in [0.4, 0.5) is 10.5 Å². The maximum Gasteiger partial charge on any atom is 0.337 e. The Balaban J connectivity index is 2.01. The van der Waals surface area contributed by atoms with Crippen molar-refractivity contribution in [3.8, 4) is 0 Å². The van der Waals surface area contributed by atoms with Crippen molar-refractivity contribution < 1.29 is 14.7 Å². The van der Waals surface area contributed by atoms with Gasteiger partial charge >= 0.3 is 12.0 Å². The summed E-state index contributed by atoms with van der Waals surface area (Å²) in [6.07, 6.45) is 1.76. The summed E-state index contributed by atoms with van der Waals surface area (Å²) in [6, 6.07) is 4.66. The van der Waals surface area contributed by atoms with E-state index in [2.05, 4.69) is 16.0 Å². The van der Waals surface area contributed by atoms with E-state index in [4.69, 9.17) is 5.11 Å². The molecular formula is C13H16IN3O3. The molecule has 0 radical (unpaired) electrons. The van der Waals surface area contributed by atoms with E-state index in [9.17, 15) is 9.59 Å². The second kappa shape index (κ2) is 6.89. The topological polar surface area (TPSA) is 90.5 Å². The summed E-state index contributed by atoms with van der Waals surface area (Å²) in [6.45, 7) is 1.77. The van der Waals surface area contributed by atoms with Gasteiger partial charge in [0.25, 0.3) is 0 Å². The summed E-state index contributed by atoms with van der Waals surface area (Å²) in [5.74, 6) is -1.05. The van der Waals surface area contributed by atoms with Crippen LogP contribution in [0.1, 0.15) is 23.2 Å². The van der Waals surface area contributed by atoms with Gasteiger partial charge in [0, 0.05) is 9.61 Å². The Hall–Kier alpha value is -1.35. The van der Waals surface area contributed by atoms with Crippen LogP contribution in [0.2, 0.25) is 0 Å². The lowest BCUT2D eigenvalue weighted by molar-refractivity contribution is 0.0698. The molecule has 1 aromatic carbocycles. The molecular weight excluding hydrogens is 373 g/mol. The van der Waals surface area contributed by atoms with Gasteiger partial charge in [0.2, 0.25) is 0 Å². The molecule has 1 saturated heterocycles. The lowest BCUT2D eigenvalue weighted by Gasteiger charge is -2.23. The molecule has 108 valence electrons. The Morgan fingerprint density at radius 3 is 2.65 bits per heavy atom. The van der Waals surface area contributed by atoms with Crippen molar-refractivity contribution in [2.24, 2.45) is 0 Å². The fraction of sp³-hybridized carbons (Fsp3) is 0.385. The number of nitrogens with one attached hydrogen (secondary N) is 3. The average molecular weight is 389 g/mol. The molecule has 0 aliphatic carbocycles. The van der Waals surface area contributed by atoms with Crippen LogP contribution < -0.4 is 16.0 Å². The zero-order valence-electron chi connectivity index (χ0n) is 10.8. The fourth-order valence-corrected chi connectivity index (χ4v) is 2.60. The Labute approximate surface area is 130 Å². The highest BCUT2D eigenvalue weighted by molar-refractivity contribution is 14.1. The summed E-state index contributed by atoms with van der Waals surface area (Å²) >= 11 is 2.03. The minimum absolute atomic E-state index is 0.0948. The maximum atomic E-state index is 11.9. The van der Waals surface area contributed by atoms with Crippen LogP contribution in [0.3, 0.4) is 0 Å². The Morgan fingerprint density at radius 2 is 2.00 bits per heavy atom. The van der Waals surface area contributed by atoms with Gasteiger partial charge in [-0.3, -0.25) is 0 Å². The Morgan fingerprint density at radius 1 is 1.30 bits per heavy atom. The van der Waals surface area contributed by atoms with Crippen LogP contribution in [0.25, 0.3) is 0 Å². The average Bonchev–Trinajstić information content (AvgIpc) is 2.41. The normalized spacial score (nSPS) is 15.7. The van der Waals surface area contributed by atoms with Crippen LogP contribution in [0.5, 0.6) is 0 Å². The molecule has 2 rings (SSSR count). The fourth-order valence-electron chi connectivity index (χ4n) is 2.11. The lowest BCUT2D eigenvalue weighted by atomic mass is 10.1. The van der Waals surface area contributed by atoms with Crippen LogP contribution in [-0.2, 0) is 0 Å². The molecule has 1 aliphatic rings. The van der Waals surface area contributed by atoms with Crippen molar-refractivity contribution in [1.82, 2.24) is 10.6 Å². The number of urea groups is 1. The molecule has 1 heterocycles. The first-order valence-electron chi connectivity index (χ1n) is 6.37. The predicted octanol–water partition coefficient (Wildman–Crippen LogP) is 1.86. The molecule has 0 spiro atoms. The number of hydrogen-bond donors (Lipinski definition) is 4. The minimum Gasteiger partial charge on any atom is -0.478 e. The van der Waals surface area contributed by atoms with Crippen LogP contribution in [0.15, 0.2) is 18.2 Å². The Kier molecular flexibility index (Phi) is 5.18. The molecule has 1 aromatic rings. The summed E-state index contributed by atoms with van der Waals surface area (Å²) in [5, 5.41) is 17.8. The first-order chi connectivity index (χ1) is 9.56. The summed E-state index contributed by atoms with van der Waals surface area (Å²) < 4.78 is 0.810. The van der Waals surface area contributed by atoms with Gasteiger partial charge in [0.05, 0.1) is 11.3 Å². The van der Waals surface area contributed by atoms with Crippen LogP contribution in [0, 0.1) is 3.57 Å². The highest BCUT2D eigenvalue weighted by Crippen LogP contribution is 2.19. The molecule has 0 bridgehead atoms. The predicted molar refractivity (Wildman–Crippen MR) is 84.2 cm³/mol. The number of carbonyl (C=O) groups excluding carboxylic acids is 1. The van der Waals surface area contributed by atoms with E-state index in [1.807, 2.05) is 22.6 Å². The summed E-state index contributed by atoms with van der Waals surface area (Å²) in [4.78, 5) is 23.1. The summed E-state index contributed by atoms with van der Waals surface area (Å²) in [7, 11) is 0. The third-order valence-corrected chi connectivity index (χ3v) is 3.81. The van der Waals surface area contributed by atoms with Gasteiger partial charge in [-0.05, 0) is 66.7 Å². The highest BCUT2D eigenvalue weighted by Gasteiger charge is 2.17. The van der Waals surface area contributed by atoms with E-state index in [0.29, 0.717) is 5.69 Å².